The molecule has 1 amide bonds. The van der Waals surface area contributed by atoms with Crippen LogP contribution in [-0.4, -0.2) is 77.2 Å². The van der Waals surface area contributed by atoms with Gasteiger partial charge in [0.1, 0.15) is 0 Å². The van der Waals surface area contributed by atoms with E-state index in [9.17, 15) is 4.79 Å². The number of rotatable bonds is 12. The number of hydrogen-bond donors (Lipinski definition) is 0. The zero-order valence-electron chi connectivity index (χ0n) is 22.0. The van der Waals surface area contributed by atoms with Crippen LogP contribution in [-0.2, 0) is 24.1 Å². The van der Waals surface area contributed by atoms with Crippen LogP contribution in [0.15, 0.2) is 36.4 Å². The first-order valence-electron chi connectivity index (χ1n) is 12.4. The fourth-order valence-electron chi connectivity index (χ4n) is 4.57. The Bertz CT molecular complexity index is 934. The van der Waals surface area contributed by atoms with Crippen molar-refractivity contribution in [3.05, 3.63) is 53.1 Å². The van der Waals surface area contributed by atoms with Gasteiger partial charge in [-0.05, 0) is 93.2 Å². The van der Waals surface area contributed by atoms with Gasteiger partial charge in [-0.25, -0.2) is 0 Å². The summed E-state index contributed by atoms with van der Waals surface area (Å²) in [5, 5.41) is 0. The maximum Gasteiger partial charge on any atom is 0.227 e. The number of amides is 1. The molecule has 0 radical (unpaired) electrons. The second-order valence-electron chi connectivity index (χ2n) is 9.46. The second-order valence-corrected chi connectivity index (χ2v) is 9.46. The van der Waals surface area contributed by atoms with Crippen molar-refractivity contribution in [1.82, 2.24) is 9.80 Å². The van der Waals surface area contributed by atoms with E-state index in [4.69, 9.17) is 9.47 Å². The SMILES string of the molecule is Br.COc1cc2c(cc1OC)CC(=O)N(CCCN(C)CCCCc1ccc(N(C)C)cc1)CC2. The standard InChI is InChI=1S/C28H41N3O3.BrH/c1-29(2)25-12-10-22(11-13-25)9-6-7-15-30(3)16-8-17-31-18-14-23-19-26(33-4)27(34-5)20-24(23)21-28(31)32;/h10-13,19-20H,6-9,14-18,21H2,1-5H3;1H. The maximum atomic E-state index is 12.8. The molecule has 2 aromatic rings. The number of carbonyl (C=O) groups is 1. The Kier molecular flexibility index (Phi) is 11.9. The van der Waals surface area contributed by atoms with Crippen molar-refractivity contribution in [2.75, 3.05) is 66.4 Å². The molecule has 2 aromatic carbocycles. The zero-order chi connectivity index (χ0) is 24.5. The molecule has 0 bridgehead atoms. The van der Waals surface area contributed by atoms with Crippen molar-refractivity contribution in [3.63, 3.8) is 0 Å². The number of anilines is 1. The molecule has 0 unspecified atom stereocenters. The lowest BCUT2D eigenvalue weighted by molar-refractivity contribution is -0.130. The van der Waals surface area contributed by atoms with E-state index in [-0.39, 0.29) is 22.9 Å². The number of fused-ring (bicyclic) bond motifs is 1. The van der Waals surface area contributed by atoms with Gasteiger partial charge >= 0.3 is 0 Å². The van der Waals surface area contributed by atoms with Crippen molar-refractivity contribution in [1.29, 1.82) is 0 Å². The summed E-state index contributed by atoms with van der Waals surface area (Å²) in [5.74, 6) is 1.62. The summed E-state index contributed by atoms with van der Waals surface area (Å²) < 4.78 is 10.9. The van der Waals surface area contributed by atoms with Crippen LogP contribution in [0.4, 0.5) is 5.69 Å². The first-order chi connectivity index (χ1) is 16.4. The van der Waals surface area contributed by atoms with Crippen LogP contribution in [0, 0.1) is 0 Å². The minimum Gasteiger partial charge on any atom is -0.493 e. The highest BCUT2D eigenvalue weighted by molar-refractivity contribution is 8.93. The number of nitrogens with zero attached hydrogens (tertiary/aromatic N) is 3. The molecule has 0 aromatic heterocycles. The van der Waals surface area contributed by atoms with Crippen molar-refractivity contribution < 1.29 is 14.3 Å². The zero-order valence-corrected chi connectivity index (χ0v) is 23.7. The molecule has 3 rings (SSSR count). The molecule has 0 atom stereocenters. The van der Waals surface area contributed by atoms with E-state index in [1.807, 2.05) is 17.0 Å². The normalized spacial score (nSPS) is 13.2. The van der Waals surface area contributed by atoms with Gasteiger partial charge in [0.25, 0.3) is 0 Å². The Balaban J connectivity index is 0.00000432. The molecule has 35 heavy (non-hydrogen) atoms. The topological polar surface area (TPSA) is 45.3 Å². The van der Waals surface area contributed by atoms with Gasteiger partial charge in [0.2, 0.25) is 5.91 Å². The summed E-state index contributed by atoms with van der Waals surface area (Å²) in [6.07, 6.45) is 5.79. The number of benzene rings is 2. The predicted octanol–water partition coefficient (Wildman–Crippen LogP) is 4.62. The number of hydrogen-bond acceptors (Lipinski definition) is 5. The summed E-state index contributed by atoms with van der Waals surface area (Å²) in [5.41, 5.74) is 4.89. The predicted molar refractivity (Wildman–Crippen MR) is 150 cm³/mol. The summed E-state index contributed by atoms with van der Waals surface area (Å²) in [6, 6.07) is 12.8. The van der Waals surface area contributed by atoms with Crippen molar-refractivity contribution in [3.8, 4) is 11.5 Å². The Morgan fingerprint density at radius 3 is 2.14 bits per heavy atom. The minimum atomic E-state index is 0. The lowest BCUT2D eigenvalue weighted by Crippen LogP contribution is -2.35. The van der Waals surface area contributed by atoms with Crippen LogP contribution in [0.5, 0.6) is 11.5 Å². The maximum absolute atomic E-state index is 12.8. The number of unbranched alkanes of at least 4 members (excludes halogenated alkanes) is 1. The summed E-state index contributed by atoms with van der Waals surface area (Å²) >= 11 is 0. The van der Waals surface area contributed by atoms with Crippen LogP contribution in [0.25, 0.3) is 0 Å². The van der Waals surface area contributed by atoms with E-state index in [1.165, 1.54) is 29.7 Å². The summed E-state index contributed by atoms with van der Waals surface area (Å²) in [4.78, 5) is 19.4. The number of ether oxygens (including phenoxy) is 2. The van der Waals surface area contributed by atoms with Crippen LogP contribution in [0.1, 0.15) is 36.0 Å². The van der Waals surface area contributed by atoms with E-state index in [0.717, 1.165) is 56.8 Å². The Morgan fingerprint density at radius 1 is 0.886 bits per heavy atom. The quantitative estimate of drug-likeness (QED) is 0.363. The fourth-order valence-corrected chi connectivity index (χ4v) is 4.57. The molecule has 194 valence electrons. The highest BCUT2D eigenvalue weighted by Crippen LogP contribution is 2.32. The lowest BCUT2D eigenvalue weighted by atomic mass is 10.0. The number of methoxy groups -OCH3 is 2. The molecule has 0 saturated heterocycles. The van der Waals surface area contributed by atoms with E-state index >= 15 is 0 Å². The van der Waals surface area contributed by atoms with Gasteiger partial charge < -0.3 is 24.2 Å². The molecule has 0 aliphatic carbocycles. The van der Waals surface area contributed by atoms with Crippen LogP contribution in [0.2, 0.25) is 0 Å². The van der Waals surface area contributed by atoms with E-state index in [1.54, 1.807) is 14.2 Å². The number of aryl methyl sites for hydroxylation is 1. The van der Waals surface area contributed by atoms with Crippen molar-refractivity contribution in [2.24, 2.45) is 0 Å². The molecular weight excluding hydrogens is 506 g/mol. The van der Waals surface area contributed by atoms with Gasteiger partial charge in [0, 0.05) is 32.9 Å². The molecule has 0 fully saturated rings. The largest absolute Gasteiger partial charge is 0.493 e. The Labute approximate surface area is 222 Å². The van der Waals surface area contributed by atoms with Gasteiger partial charge in [0.15, 0.2) is 11.5 Å². The Hall–Kier alpha value is -2.25. The smallest absolute Gasteiger partial charge is 0.227 e. The van der Waals surface area contributed by atoms with Crippen molar-refractivity contribution >= 4 is 28.6 Å². The summed E-state index contributed by atoms with van der Waals surface area (Å²) in [7, 11) is 9.61. The Morgan fingerprint density at radius 2 is 1.51 bits per heavy atom. The van der Waals surface area contributed by atoms with Gasteiger partial charge in [-0.15, -0.1) is 17.0 Å². The van der Waals surface area contributed by atoms with E-state index < -0.39 is 0 Å². The second kappa shape index (κ2) is 14.3. The first kappa shape index (κ1) is 29.0. The third-order valence-corrected chi connectivity index (χ3v) is 6.73. The molecule has 6 nitrogen and oxygen atoms in total. The number of carbonyl (C=O) groups excluding carboxylic acids is 1. The fraction of sp³-hybridized carbons (Fsp3) is 0.536. The highest BCUT2D eigenvalue weighted by Gasteiger charge is 2.22. The van der Waals surface area contributed by atoms with Gasteiger partial charge in [-0.2, -0.15) is 0 Å². The van der Waals surface area contributed by atoms with E-state index in [0.29, 0.717) is 12.2 Å². The van der Waals surface area contributed by atoms with Gasteiger partial charge in [-0.1, -0.05) is 12.1 Å². The summed E-state index contributed by atoms with van der Waals surface area (Å²) in [6.45, 7) is 3.67. The van der Waals surface area contributed by atoms with Crippen molar-refractivity contribution in [2.45, 2.75) is 38.5 Å². The lowest BCUT2D eigenvalue weighted by Gasteiger charge is -2.22. The molecular formula is C28H42BrN3O3. The molecule has 1 aliphatic rings. The molecule has 1 aliphatic heterocycles. The third-order valence-electron chi connectivity index (χ3n) is 6.73. The molecule has 1 heterocycles. The average molecular weight is 549 g/mol. The average Bonchev–Trinajstić information content (AvgIpc) is 2.99. The van der Waals surface area contributed by atoms with Crippen LogP contribution < -0.4 is 14.4 Å². The van der Waals surface area contributed by atoms with Gasteiger partial charge in [-0.3, -0.25) is 4.79 Å². The molecule has 7 heteroatoms. The van der Waals surface area contributed by atoms with E-state index in [2.05, 4.69) is 55.2 Å². The minimum absolute atomic E-state index is 0. The van der Waals surface area contributed by atoms with Crippen LogP contribution in [0.3, 0.4) is 0 Å². The first-order valence-corrected chi connectivity index (χ1v) is 12.4. The highest BCUT2D eigenvalue weighted by atomic mass is 79.9. The third kappa shape index (κ3) is 8.43. The number of halogens is 1. The molecule has 0 saturated carbocycles. The van der Waals surface area contributed by atoms with Crippen LogP contribution >= 0.6 is 17.0 Å². The monoisotopic (exact) mass is 547 g/mol. The van der Waals surface area contributed by atoms with Gasteiger partial charge in [0.05, 0.1) is 20.6 Å². The molecule has 0 spiro atoms. The molecule has 0 N–H and O–H groups in total.